The fourth-order valence-corrected chi connectivity index (χ4v) is 4.68. The number of carbonyl (C=O) groups is 2. The number of hydrogen-bond donors (Lipinski definition) is 1. The van der Waals surface area contributed by atoms with Crippen LogP contribution in [-0.4, -0.2) is 29.2 Å². The highest BCUT2D eigenvalue weighted by molar-refractivity contribution is 7.99. The van der Waals surface area contributed by atoms with Crippen molar-refractivity contribution in [3.8, 4) is 11.5 Å². The van der Waals surface area contributed by atoms with E-state index in [1.54, 1.807) is 18.2 Å². The highest BCUT2D eigenvalue weighted by Crippen LogP contribution is 2.37. The van der Waals surface area contributed by atoms with Crippen molar-refractivity contribution in [2.45, 2.75) is 57.5 Å². The lowest BCUT2D eigenvalue weighted by molar-refractivity contribution is -0.141. The molecule has 0 aliphatic carbocycles. The van der Waals surface area contributed by atoms with Crippen LogP contribution in [0.2, 0.25) is 0 Å². The molecule has 2 aromatic rings. The number of ketones is 1. The maximum Gasteiger partial charge on any atom is 0.306 e. The molecular formula is C25H29FO5S. The van der Waals surface area contributed by atoms with Gasteiger partial charge in [0.25, 0.3) is 0 Å². The largest absolute Gasteiger partial charge is 0.507 e. The molecule has 1 aliphatic rings. The maximum absolute atomic E-state index is 14.5. The molecule has 1 heterocycles. The SMILES string of the molecule is CCCc1c(OCCCSc2ccc(C3OC(=O)CC3C)cc2F)ccc(C(C)=O)c1O. The Labute approximate surface area is 192 Å². The second-order valence-corrected chi connectivity index (χ2v) is 9.21. The van der Waals surface area contributed by atoms with E-state index in [9.17, 15) is 19.1 Å². The summed E-state index contributed by atoms with van der Waals surface area (Å²) in [4.78, 5) is 23.7. The molecule has 1 fully saturated rings. The number of esters is 1. The van der Waals surface area contributed by atoms with Gasteiger partial charge in [0.1, 0.15) is 23.4 Å². The fraction of sp³-hybridized carbons (Fsp3) is 0.440. The summed E-state index contributed by atoms with van der Waals surface area (Å²) in [5.74, 6) is 0.527. The van der Waals surface area contributed by atoms with E-state index in [-0.39, 0.29) is 35.3 Å². The Morgan fingerprint density at radius 3 is 2.72 bits per heavy atom. The number of rotatable bonds is 10. The van der Waals surface area contributed by atoms with Crippen molar-refractivity contribution >= 4 is 23.5 Å². The number of hydrogen-bond acceptors (Lipinski definition) is 6. The van der Waals surface area contributed by atoms with Crippen LogP contribution < -0.4 is 4.74 Å². The van der Waals surface area contributed by atoms with Crippen molar-refractivity contribution in [3.05, 3.63) is 52.8 Å². The Bertz CT molecular complexity index is 991. The van der Waals surface area contributed by atoms with Gasteiger partial charge in [0, 0.05) is 22.1 Å². The van der Waals surface area contributed by atoms with E-state index >= 15 is 0 Å². The van der Waals surface area contributed by atoms with Crippen molar-refractivity contribution in [1.82, 2.24) is 0 Å². The first-order valence-electron chi connectivity index (χ1n) is 10.9. The second-order valence-electron chi connectivity index (χ2n) is 8.08. The Hall–Kier alpha value is -2.54. The number of aromatic hydroxyl groups is 1. The monoisotopic (exact) mass is 460 g/mol. The molecule has 32 heavy (non-hydrogen) atoms. The van der Waals surface area contributed by atoms with Crippen LogP contribution in [0.1, 0.15) is 67.6 Å². The molecule has 2 unspecified atom stereocenters. The third kappa shape index (κ3) is 5.63. The normalized spacial score (nSPS) is 17.9. The molecule has 1 saturated heterocycles. The van der Waals surface area contributed by atoms with Gasteiger partial charge in [0.15, 0.2) is 5.78 Å². The number of phenolic OH excluding ortho intramolecular Hbond substituents is 1. The van der Waals surface area contributed by atoms with E-state index in [2.05, 4.69) is 0 Å². The summed E-state index contributed by atoms with van der Waals surface area (Å²) < 4.78 is 25.7. The van der Waals surface area contributed by atoms with Crippen molar-refractivity contribution in [3.63, 3.8) is 0 Å². The predicted octanol–water partition coefficient (Wildman–Crippen LogP) is 5.87. The molecule has 0 radical (unpaired) electrons. The van der Waals surface area contributed by atoms with Gasteiger partial charge in [-0.15, -0.1) is 11.8 Å². The smallest absolute Gasteiger partial charge is 0.306 e. The van der Waals surface area contributed by atoms with E-state index in [0.717, 1.165) is 6.42 Å². The van der Waals surface area contributed by atoms with E-state index in [4.69, 9.17) is 9.47 Å². The standard InChI is InChI=1S/C25H29FO5S/c1-4-6-19-21(9-8-18(16(3)27)24(19)29)30-11-5-12-32-22-10-7-17(14-20(22)26)25-15(2)13-23(28)31-25/h7-10,14-15,25,29H,4-6,11-13H2,1-3H3. The number of phenols is 1. The molecule has 7 heteroatoms. The lowest BCUT2D eigenvalue weighted by Crippen LogP contribution is -2.05. The molecule has 0 spiro atoms. The molecule has 1 aliphatic heterocycles. The van der Waals surface area contributed by atoms with Gasteiger partial charge < -0.3 is 14.6 Å². The topological polar surface area (TPSA) is 72.8 Å². The van der Waals surface area contributed by atoms with Crippen LogP contribution >= 0.6 is 11.8 Å². The van der Waals surface area contributed by atoms with Crippen LogP contribution in [0.25, 0.3) is 0 Å². The Balaban J connectivity index is 1.53. The van der Waals surface area contributed by atoms with Crippen LogP contribution in [-0.2, 0) is 16.0 Å². The Morgan fingerprint density at radius 1 is 1.31 bits per heavy atom. The van der Waals surface area contributed by atoms with Gasteiger partial charge in [-0.1, -0.05) is 26.3 Å². The van der Waals surface area contributed by atoms with E-state index in [0.29, 0.717) is 59.0 Å². The van der Waals surface area contributed by atoms with Crippen molar-refractivity contribution < 1.29 is 28.6 Å². The fourth-order valence-electron chi connectivity index (χ4n) is 3.84. The van der Waals surface area contributed by atoms with Crippen LogP contribution in [0.3, 0.4) is 0 Å². The van der Waals surface area contributed by atoms with E-state index in [1.165, 1.54) is 24.8 Å². The molecule has 172 valence electrons. The summed E-state index contributed by atoms with van der Waals surface area (Å²) in [5, 5.41) is 10.4. The molecule has 2 atom stereocenters. The summed E-state index contributed by atoms with van der Waals surface area (Å²) in [7, 11) is 0. The molecular weight excluding hydrogens is 431 g/mol. The van der Waals surface area contributed by atoms with Gasteiger partial charge in [-0.05, 0) is 49.6 Å². The average molecular weight is 461 g/mol. The van der Waals surface area contributed by atoms with Gasteiger partial charge in [-0.25, -0.2) is 4.39 Å². The van der Waals surface area contributed by atoms with Crippen molar-refractivity contribution in [2.24, 2.45) is 5.92 Å². The van der Waals surface area contributed by atoms with Gasteiger partial charge >= 0.3 is 5.97 Å². The number of cyclic esters (lactones) is 1. The summed E-state index contributed by atoms with van der Waals surface area (Å²) in [5.41, 5.74) is 1.64. The third-order valence-electron chi connectivity index (χ3n) is 5.47. The van der Waals surface area contributed by atoms with Crippen LogP contribution in [0.5, 0.6) is 11.5 Å². The molecule has 2 aromatic carbocycles. The number of Topliss-reactive ketones (excluding diaryl/α,β-unsaturated/α-hetero) is 1. The maximum atomic E-state index is 14.5. The van der Waals surface area contributed by atoms with Crippen LogP contribution in [0, 0.1) is 11.7 Å². The number of carbonyl (C=O) groups excluding carboxylic acids is 2. The quantitative estimate of drug-likeness (QED) is 0.207. The van der Waals surface area contributed by atoms with E-state index < -0.39 is 0 Å². The predicted molar refractivity (Wildman–Crippen MR) is 122 cm³/mol. The third-order valence-corrected chi connectivity index (χ3v) is 6.61. The zero-order valence-electron chi connectivity index (χ0n) is 18.7. The molecule has 0 aromatic heterocycles. The number of thioether (sulfide) groups is 1. The minimum absolute atomic E-state index is 0.00403. The van der Waals surface area contributed by atoms with Crippen molar-refractivity contribution in [2.75, 3.05) is 12.4 Å². The van der Waals surface area contributed by atoms with Crippen molar-refractivity contribution in [1.29, 1.82) is 0 Å². The Morgan fingerprint density at radius 2 is 2.09 bits per heavy atom. The zero-order valence-corrected chi connectivity index (χ0v) is 19.5. The van der Waals surface area contributed by atoms with Gasteiger partial charge in [-0.3, -0.25) is 9.59 Å². The molecule has 0 saturated carbocycles. The van der Waals surface area contributed by atoms with Crippen LogP contribution in [0.4, 0.5) is 4.39 Å². The van der Waals surface area contributed by atoms with Gasteiger partial charge in [-0.2, -0.15) is 0 Å². The molecule has 1 N–H and O–H groups in total. The second kappa shape index (κ2) is 10.9. The first-order chi connectivity index (χ1) is 15.3. The molecule has 3 rings (SSSR count). The summed E-state index contributed by atoms with van der Waals surface area (Å²) in [6.07, 6.45) is 2.09. The highest BCUT2D eigenvalue weighted by Gasteiger charge is 2.32. The summed E-state index contributed by atoms with van der Waals surface area (Å²) in [6.45, 7) is 5.76. The summed E-state index contributed by atoms with van der Waals surface area (Å²) in [6, 6.07) is 8.31. The lowest BCUT2D eigenvalue weighted by atomic mass is 9.97. The van der Waals surface area contributed by atoms with Gasteiger partial charge in [0.2, 0.25) is 0 Å². The minimum atomic E-state index is -0.382. The highest BCUT2D eigenvalue weighted by atomic mass is 32.2. The molecule has 0 bridgehead atoms. The number of ether oxygens (including phenoxy) is 2. The zero-order chi connectivity index (χ0) is 23.3. The lowest BCUT2D eigenvalue weighted by Gasteiger charge is -2.15. The van der Waals surface area contributed by atoms with Gasteiger partial charge in [0.05, 0.1) is 18.6 Å². The molecule has 5 nitrogen and oxygen atoms in total. The summed E-state index contributed by atoms with van der Waals surface area (Å²) >= 11 is 1.40. The van der Waals surface area contributed by atoms with Crippen LogP contribution in [0.15, 0.2) is 35.2 Å². The number of halogens is 1. The first-order valence-corrected chi connectivity index (χ1v) is 11.9. The van der Waals surface area contributed by atoms with E-state index in [1.807, 2.05) is 19.9 Å². The first kappa shape index (κ1) is 24.1. The average Bonchev–Trinajstić information content (AvgIpc) is 3.08. The minimum Gasteiger partial charge on any atom is -0.507 e. The Kier molecular flexibility index (Phi) is 8.18. The molecule has 0 amide bonds. The number of benzene rings is 2.